The minimum absolute atomic E-state index is 0.0324. The number of hydrogen-bond acceptors (Lipinski definition) is 3. The number of nitrogens with zero attached hydrogens (tertiary/aromatic N) is 1. The van der Waals surface area contributed by atoms with Gasteiger partial charge in [0.2, 0.25) is 0 Å². The lowest BCUT2D eigenvalue weighted by Crippen LogP contribution is -2.24. The van der Waals surface area contributed by atoms with Crippen molar-refractivity contribution < 1.29 is 14.6 Å². The van der Waals surface area contributed by atoms with E-state index in [4.69, 9.17) is 1.37 Å². The highest BCUT2D eigenvalue weighted by molar-refractivity contribution is 7.90. The summed E-state index contributed by atoms with van der Waals surface area (Å²) in [5, 5.41) is 0. The van der Waals surface area contributed by atoms with Crippen molar-refractivity contribution in [3.05, 3.63) is 29.8 Å². The van der Waals surface area contributed by atoms with Crippen LogP contribution >= 0.6 is 0 Å². The lowest BCUT2D eigenvalue weighted by atomic mass is 10.2. The van der Waals surface area contributed by atoms with Gasteiger partial charge >= 0.3 is 0 Å². The maximum atomic E-state index is 11.6. The van der Waals surface area contributed by atoms with Gasteiger partial charge in [0.15, 0.2) is 0 Å². The second-order valence-corrected chi connectivity index (χ2v) is 4.62. The van der Waals surface area contributed by atoms with Crippen molar-refractivity contribution >= 4 is 15.9 Å². The standard InChI is InChI=1S/C8H7NO3S/c1-9-8(10)6-4-2-3-5-7(6)13(9,11)12/h2-5H,1H3/i4D. The molecule has 1 aliphatic heterocycles. The van der Waals surface area contributed by atoms with Crippen LogP contribution in [0.25, 0.3) is 0 Å². The Labute approximate surface area is 77.2 Å². The number of hydrogen-bond donors (Lipinski definition) is 0. The zero-order valence-corrected chi connectivity index (χ0v) is 7.63. The maximum Gasteiger partial charge on any atom is 0.268 e. The van der Waals surface area contributed by atoms with Crippen molar-refractivity contribution in [3.63, 3.8) is 0 Å². The lowest BCUT2D eigenvalue weighted by Gasteiger charge is -2.05. The Bertz CT molecular complexity index is 523. The Morgan fingerprint density at radius 2 is 2.15 bits per heavy atom. The predicted octanol–water partition coefficient (Wildman–Crippen LogP) is 0.461. The van der Waals surface area contributed by atoms with Gasteiger partial charge < -0.3 is 0 Å². The summed E-state index contributed by atoms with van der Waals surface area (Å²) < 4.78 is 31.2. The SMILES string of the molecule is [2H]c1cccc2c1C(=O)N(C)S2(=O)=O. The predicted molar refractivity (Wildman–Crippen MR) is 45.7 cm³/mol. The molecule has 0 saturated heterocycles. The van der Waals surface area contributed by atoms with Crippen molar-refractivity contribution in [2.24, 2.45) is 0 Å². The summed E-state index contributed by atoms with van der Waals surface area (Å²) in [6.07, 6.45) is 0. The molecule has 5 heteroatoms. The second kappa shape index (κ2) is 2.32. The zero-order valence-electron chi connectivity index (χ0n) is 7.81. The molecule has 0 fully saturated rings. The Morgan fingerprint density at radius 3 is 2.77 bits per heavy atom. The molecule has 0 aliphatic carbocycles. The van der Waals surface area contributed by atoms with E-state index < -0.39 is 15.9 Å². The number of amides is 1. The summed E-state index contributed by atoms with van der Waals surface area (Å²) in [5.74, 6) is -0.634. The first-order chi connectivity index (χ1) is 6.46. The molecule has 0 atom stereocenters. The summed E-state index contributed by atoms with van der Waals surface area (Å²) >= 11 is 0. The summed E-state index contributed by atoms with van der Waals surface area (Å²) in [4.78, 5) is 11.4. The highest BCUT2D eigenvalue weighted by atomic mass is 32.2. The summed E-state index contributed by atoms with van der Waals surface area (Å²) in [5.41, 5.74) is -0.0324. The quantitative estimate of drug-likeness (QED) is 0.608. The summed E-state index contributed by atoms with van der Waals surface area (Å²) in [7, 11) is -2.50. The van der Waals surface area contributed by atoms with Crippen LogP contribution in [0.2, 0.25) is 0 Å². The molecule has 0 radical (unpaired) electrons. The van der Waals surface area contributed by atoms with Gasteiger partial charge in [-0.1, -0.05) is 12.1 Å². The highest BCUT2D eigenvalue weighted by Crippen LogP contribution is 2.27. The number of benzene rings is 1. The summed E-state index contributed by atoms with van der Waals surface area (Å²) in [6, 6.07) is 4.13. The van der Waals surface area contributed by atoms with Crippen LogP contribution < -0.4 is 0 Å². The van der Waals surface area contributed by atoms with Gasteiger partial charge in [0.25, 0.3) is 15.9 Å². The average molecular weight is 198 g/mol. The van der Waals surface area contributed by atoms with Crippen LogP contribution in [0.1, 0.15) is 11.7 Å². The van der Waals surface area contributed by atoms with E-state index in [9.17, 15) is 13.2 Å². The van der Waals surface area contributed by atoms with Gasteiger partial charge in [-0.25, -0.2) is 12.7 Å². The van der Waals surface area contributed by atoms with Crippen molar-refractivity contribution in [2.45, 2.75) is 4.90 Å². The van der Waals surface area contributed by atoms with Crippen LogP contribution in [-0.2, 0) is 10.0 Å². The van der Waals surface area contributed by atoms with Gasteiger partial charge in [0.05, 0.1) is 6.93 Å². The van der Waals surface area contributed by atoms with Gasteiger partial charge in [-0.05, 0) is 12.1 Å². The van der Waals surface area contributed by atoms with Gasteiger partial charge in [-0.2, -0.15) is 0 Å². The largest absolute Gasteiger partial charge is 0.268 e. The Morgan fingerprint density at radius 1 is 1.46 bits per heavy atom. The Hall–Kier alpha value is -1.36. The first kappa shape index (κ1) is 7.08. The molecule has 1 aromatic carbocycles. The van der Waals surface area contributed by atoms with E-state index in [0.29, 0.717) is 4.31 Å². The molecule has 0 spiro atoms. The third-order valence-corrected chi connectivity index (χ3v) is 3.74. The molecule has 1 aliphatic rings. The fourth-order valence-corrected chi connectivity index (χ4v) is 2.48. The third kappa shape index (κ3) is 0.904. The van der Waals surface area contributed by atoms with E-state index in [1.807, 2.05) is 0 Å². The van der Waals surface area contributed by atoms with E-state index in [1.54, 1.807) is 0 Å². The molecule has 1 amide bonds. The Balaban J connectivity index is 2.88. The van der Waals surface area contributed by atoms with Crippen molar-refractivity contribution in [2.75, 3.05) is 7.05 Å². The molecular formula is C8H7NO3S. The smallest absolute Gasteiger partial charge is 0.268 e. The number of carbonyl (C=O) groups excluding carboxylic acids is 1. The van der Waals surface area contributed by atoms with E-state index in [0.717, 1.165) is 0 Å². The molecule has 13 heavy (non-hydrogen) atoms. The first-order valence-electron chi connectivity index (χ1n) is 4.09. The minimum atomic E-state index is -3.69. The minimum Gasteiger partial charge on any atom is -0.268 e. The highest BCUT2D eigenvalue weighted by Gasteiger charge is 2.37. The van der Waals surface area contributed by atoms with Crippen molar-refractivity contribution in [1.82, 2.24) is 4.31 Å². The van der Waals surface area contributed by atoms with Gasteiger partial charge in [0, 0.05) is 7.05 Å². The molecule has 1 heterocycles. The van der Waals surface area contributed by atoms with Crippen LogP contribution in [0.15, 0.2) is 29.1 Å². The molecule has 0 bridgehead atoms. The van der Waals surface area contributed by atoms with E-state index in [1.165, 1.54) is 25.2 Å². The first-order valence-corrected chi connectivity index (χ1v) is 5.03. The van der Waals surface area contributed by atoms with E-state index in [2.05, 4.69) is 0 Å². The van der Waals surface area contributed by atoms with E-state index in [-0.39, 0.29) is 16.5 Å². The molecular weight excluding hydrogens is 190 g/mol. The lowest BCUT2D eigenvalue weighted by molar-refractivity contribution is 0.0891. The summed E-state index contributed by atoms with van der Waals surface area (Å²) in [6.45, 7) is 0. The monoisotopic (exact) mass is 198 g/mol. The molecule has 0 aromatic heterocycles. The molecule has 1 aromatic rings. The van der Waals surface area contributed by atoms with Crippen LogP contribution in [0.5, 0.6) is 0 Å². The maximum absolute atomic E-state index is 11.6. The fraction of sp³-hybridized carbons (Fsp3) is 0.125. The molecule has 2 rings (SSSR count). The fourth-order valence-electron chi connectivity index (χ4n) is 1.22. The molecule has 0 saturated carbocycles. The average Bonchev–Trinajstić information content (AvgIpc) is 2.30. The second-order valence-electron chi connectivity index (χ2n) is 2.69. The molecule has 68 valence electrons. The number of carbonyl (C=O) groups is 1. The van der Waals surface area contributed by atoms with Crippen molar-refractivity contribution in [3.8, 4) is 0 Å². The Kier molecular flexibility index (Phi) is 1.26. The van der Waals surface area contributed by atoms with Gasteiger partial charge in [0.1, 0.15) is 4.90 Å². The zero-order chi connectivity index (χ0) is 10.5. The topological polar surface area (TPSA) is 54.5 Å². The van der Waals surface area contributed by atoms with Crippen LogP contribution in [-0.4, -0.2) is 25.7 Å². The normalized spacial score (nSPS) is 19.9. The number of sulfonamides is 1. The number of fused-ring (bicyclic) bond motifs is 1. The van der Waals surface area contributed by atoms with Crippen LogP contribution in [0.4, 0.5) is 0 Å². The molecule has 0 N–H and O–H groups in total. The van der Waals surface area contributed by atoms with Gasteiger partial charge in [-0.3, -0.25) is 4.79 Å². The van der Waals surface area contributed by atoms with Crippen LogP contribution in [0, 0.1) is 0 Å². The van der Waals surface area contributed by atoms with Crippen LogP contribution in [0.3, 0.4) is 0 Å². The number of rotatable bonds is 0. The third-order valence-electron chi connectivity index (χ3n) is 1.96. The van der Waals surface area contributed by atoms with E-state index >= 15 is 0 Å². The molecule has 0 unspecified atom stereocenters. The molecule has 4 nitrogen and oxygen atoms in total. The van der Waals surface area contributed by atoms with Gasteiger partial charge in [-0.15, -0.1) is 0 Å². The van der Waals surface area contributed by atoms with Crippen molar-refractivity contribution in [1.29, 1.82) is 0 Å².